The molecule has 0 bridgehead atoms. The molecule has 0 fully saturated rings. The summed E-state index contributed by atoms with van der Waals surface area (Å²) in [6.07, 6.45) is 1.89. The molecule has 0 radical (unpaired) electrons. The third-order valence-corrected chi connectivity index (χ3v) is 10.8. The largest absolute Gasteiger partial charge is 0.0622 e. The molecule has 0 saturated carbocycles. The Hall–Kier alpha value is -5.20. The van der Waals surface area contributed by atoms with Crippen molar-refractivity contribution in [1.29, 1.82) is 0 Å². The van der Waals surface area contributed by atoms with Crippen LogP contribution in [0, 0.1) is 0 Å². The molecule has 0 spiro atoms. The van der Waals surface area contributed by atoms with E-state index in [9.17, 15) is 0 Å². The van der Waals surface area contributed by atoms with Gasteiger partial charge in [-0.05, 0) is 107 Å². The highest BCUT2D eigenvalue weighted by molar-refractivity contribution is 6.25. The average Bonchev–Trinajstić information content (AvgIpc) is 3.35. The lowest BCUT2D eigenvalue weighted by molar-refractivity contribution is 0.516. The van der Waals surface area contributed by atoms with Gasteiger partial charge in [-0.2, -0.15) is 0 Å². The molecule has 0 amide bonds. The summed E-state index contributed by atoms with van der Waals surface area (Å²) in [4.78, 5) is 0. The SMILES string of the molecule is CC(C)(C)c1ccc2c(c1)C(Cc1ccccc1)(Cc1ccccc1)c1cc(-c3ccc4ccc5cccc6ccc3c4c56)ccc1-2. The van der Waals surface area contributed by atoms with Gasteiger partial charge in [-0.25, -0.2) is 0 Å². The number of hydrogen-bond acceptors (Lipinski definition) is 0. The molecule has 47 heavy (non-hydrogen) atoms. The Balaban J connectivity index is 1.32. The van der Waals surface area contributed by atoms with Crippen LogP contribution < -0.4 is 0 Å². The third kappa shape index (κ3) is 4.43. The van der Waals surface area contributed by atoms with E-state index in [2.05, 4.69) is 172 Å². The number of hydrogen-bond donors (Lipinski definition) is 0. The van der Waals surface area contributed by atoms with Crippen LogP contribution in [0.3, 0.4) is 0 Å². The van der Waals surface area contributed by atoms with Gasteiger partial charge in [0.1, 0.15) is 0 Å². The van der Waals surface area contributed by atoms with E-state index in [1.54, 1.807) is 0 Å². The molecule has 0 aliphatic heterocycles. The lowest BCUT2D eigenvalue weighted by Gasteiger charge is -2.34. The van der Waals surface area contributed by atoms with Crippen LogP contribution >= 0.6 is 0 Å². The highest BCUT2D eigenvalue weighted by atomic mass is 14.5. The van der Waals surface area contributed by atoms with Gasteiger partial charge in [0, 0.05) is 5.41 Å². The molecule has 0 heterocycles. The molecular weight excluding hydrogens is 565 g/mol. The topological polar surface area (TPSA) is 0 Å². The van der Waals surface area contributed by atoms with Crippen LogP contribution in [0.4, 0.5) is 0 Å². The van der Waals surface area contributed by atoms with Gasteiger partial charge in [0.05, 0.1) is 0 Å². The molecule has 0 nitrogen and oxygen atoms in total. The summed E-state index contributed by atoms with van der Waals surface area (Å²) in [6.45, 7) is 7.00. The van der Waals surface area contributed by atoms with Gasteiger partial charge in [-0.1, -0.05) is 166 Å². The standard InChI is InChI=1S/C47H38/c1-46(2,3)37-22-26-40-39-24-21-36(38-23-19-35-18-17-33-15-10-16-34-20-25-41(38)45(35)44(33)34)27-42(39)47(43(40)28-37,29-31-11-6-4-7-12-31)30-32-13-8-5-9-14-32/h4-28H,29-30H2,1-3H3. The zero-order valence-electron chi connectivity index (χ0n) is 27.3. The smallest absolute Gasteiger partial charge is 0.0296 e. The van der Waals surface area contributed by atoms with Crippen LogP contribution in [-0.4, -0.2) is 0 Å². The van der Waals surface area contributed by atoms with Crippen molar-refractivity contribution in [2.45, 2.75) is 44.4 Å². The van der Waals surface area contributed by atoms with Crippen LogP contribution in [0.5, 0.6) is 0 Å². The summed E-state index contributed by atoms with van der Waals surface area (Å²) in [7, 11) is 0. The molecule has 0 atom stereocenters. The summed E-state index contributed by atoms with van der Waals surface area (Å²) < 4.78 is 0. The maximum atomic E-state index is 2.55. The number of benzene rings is 8. The molecule has 8 aromatic carbocycles. The summed E-state index contributed by atoms with van der Waals surface area (Å²) in [5.41, 5.74) is 12.2. The second-order valence-electron chi connectivity index (χ2n) is 14.6. The minimum atomic E-state index is -0.214. The van der Waals surface area contributed by atoms with Gasteiger partial charge < -0.3 is 0 Å². The van der Waals surface area contributed by atoms with Crippen molar-refractivity contribution < 1.29 is 0 Å². The lowest BCUT2D eigenvalue weighted by Crippen LogP contribution is -2.31. The highest BCUT2D eigenvalue weighted by Crippen LogP contribution is 2.54. The maximum Gasteiger partial charge on any atom is 0.0296 e. The van der Waals surface area contributed by atoms with Crippen LogP contribution in [0.25, 0.3) is 54.6 Å². The predicted molar refractivity (Wildman–Crippen MR) is 201 cm³/mol. The molecule has 0 saturated heterocycles. The monoisotopic (exact) mass is 602 g/mol. The van der Waals surface area contributed by atoms with E-state index in [1.807, 2.05) is 0 Å². The molecule has 0 unspecified atom stereocenters. The minimum Gasteiger partial charge on any atom is -0.0622 e. The fourth-order valence-corrected chi connectivity index (χ4v) is 8.45. The van der Waals surface area contributed by atoms with E-state index >= 15 is 0 Å². The van der Waals surface area contributed by atoms with Crippen molar-refractivity contribution in [3.8, 4) is 22.3 Å². The van der Waals surface area contributed by atoms with Crippen molar-refractivity contribution in [1.82, 2.24) is 0 Å². The van der Waals surface area contributed by atoms with Crippen LogP contribution in [0.1, 0.15) is 48.6 Å². The Morgan fingerprint density at radius 2 is 0.979 bits per heavy atom. The zero-order valence-corrected chi connectivity index (χ0v) is 27.3. The van der Waals surface area contributed by atoms with Crippen molar-refractivity contribution in [2.24, 2.45) is 0 Å². The van der Waals surface area contributed by atoms with E-state index in [0.29, 0.717) is 0 Å². The Bertz CT molecular complexity index is 2370. The summed E-state index contributed by atoms with van der Waals surface area (Å²) >= 11 is 0. The first-order chi connectivity index (χ1) is 22.9. The van der Waals surface area contributed by atoms with Gasteiger partial charge in [-0.15, -0.1) is 0 Å². The average molecular weight is 603 g/mol. The maximum absolute atomic E-state index is 2.55. The van der Waals surface area contributed by atoms with E-state index < -0.39 is 0 Å². The number of rotatable bonds is 5. The van der Waals surface area contributed by atoms with Crippen LogP contribution in [-0.2, 0) is 23.7 Å². The fraction of sp³-hybridized carbons (Fsp3) is 0.149. The molecule has 1 aliphatic carbocycles. The lowest BCUT2D eigenvalue weighted by atomic mass is 9.68. The predicted octanol–water partition coefficient (Wildman–Crippen LogP) is 12.3. The minimum absolute atomic E-state index is 0.0575. The van der Waals surface area contributed by atoms with Crippen molar-refractivity contribution in [2.75, 3.05) is 0 Å². The van der Waals surface area contributed by atoms with Crippen LogP contribution in [0.15, 0.2) is 152 Å². The van der Waals surface area contributed by atoms with Crippen molar-refractivity contribution in [3.05, 3.63) is 179 Å². The molecule has 9 rings (SSSR count). The van der Waals surface area contributed by atoms with Gasteiger partial charge in [-0.3, -0.25) is 0 Å². The Labute approximate surface area is 277 Å². The zero-order chi connectivity index (χ0) is 31.8. The third-order valence-electron chi connectivity index (χ3n) is 10.8. The van der Waals surface area contributed by atoms with Gasteiger partial charge in [0.15, 0.2) is 0 Å². The van der Waals surface area contributed by atoms with Crippen molar-refractivity contribution in [3.63, 3.8) is 0 Å². The first kappa shape index (κ1) is 28.1. The molecule has 0 N–H and O–H groups in total. The highest BCUT2D eigenvalue weighted by Gasteiger charge is 2.44. The summed E-state index contributed by atoms with van der Waals surface area (Å²) in [5.74, 6) is 0. The second kappa shape index (κ2) is 10.4. The first-order valence-corrected chi connectivity index (χ1v) is 16.9. The van der Waals surface area contributed by atoms with Gasteiger partial charge in [0.25, 0.3) is 0 Å². The molecule has 8 aromatic rings. The fourth-order valence-electron chi connectivity index (χ4n) is 8.45. The van der Waals surface area contributed by atoms with E-state index in [4.69, 9.17) is 0 Å². The Kier molecular flexibility index (Phi) is 6.21. The molecule has 0 aromatic heterocycles. The Morgan fingerprint density at radius 3 is 1.62 bits per heavy atom. The second-order valence-corrected chi connectivity index (χ2v) is 14.6. The molecular formula is C47H38. The summed E-state index contributed by atoms with van der Waals surface area (Å²) in [5, 5.41) is 7.99. The molecule has 226 valence electrons. The Morgan fingerprint density at radius 1 is 0.447 bits per heavy atom. The number of fused-ring (bicyclic) bond motifs is 3. The first-order valence-electron chi connectivity index (χ1n) is 16.9. The normalized spacial score (nSPS) is 13.8. The van der Waals surface area contributed by atoms with Crippen molar-refractivity contribution >= 4 is 32.3 Å². The van der Waals surface area contributed by atoms with E-state index in [-0.39, 0.29) is 10.8 Å². The van der Waals surface area contributed by atoms with E-state index in [0.717, 1.165) is 12.8 Å². The van der Waals surface area contributed by atoms with Gasteiger partial charge >= 0.3 is 0 Å². The van der Waals surface area contributed by atoms with Crippen LogP contribution in [0.2, 0.25) is 0 Å². The quantitative estimate of drug-likeness (QED) is 0.172. The van der Waals surface area contributed by atoms with Gasteiger partial charge in [0.2, 0.25) is 0 Å². The molecule has 0 heteroatoms. The van der Waals surface area contributed by atoms with E-state index in [1.165, 1.54) is 82.4 Å². The summed E-state index contributed by atoms with van der Waals surface area (Å²) in [6, 6.07) is 57.4. The molecule has 1 aliphatic rings.